The lowest BCUT2D eigenvalue weighted by molar-refractivity contribution is 0.0730. The van der Waals surface area contributed by atoms with Gasteiger partial charge < -0.3 is 4.74 Å². The highest BCUT2D eigenvalue weighted by Gasteiger charge is 2.28. The number of piperidine rings is 1. The van der Waals surface area contributed by atoms with Crippen molar-refractivity contribution in [2.75, 3.05) is 39.4 Å². The molecule has 2 aliphatic rings. The zero-order valence-electron chi connectivity index (χ0n) is 18.8. The third-order valence-electron chi connectivity index (χ3n) is 6.31. The van der Waals surface area contributed by atoms with E-state index in [4.69, 9.17) is 4.74 Å². The first-order chi connectivity index (χ1) is 15.8. The summed E-state index contributed by atoms with van der Waals surface area (Å²) in [5, 5.41) is 0. The molecule has 0 bridgehead atoms. The Balaban J connectivity index is 1.35. The largest absolute Gasteiger partial charge is 0.379 e. The number of morpholine rings is 1. The molecule has 0 amide bonds. The number of ether oxygens (including phenoxy) is 1. The maximum absolute atomic E-state index is 12.9. The quantitative estimate of drug-likeness (QED) is 0.634. The minimum absolute atomic E-state index is 0.0748. The molecule has 2 fully saturated rings. The van der Waals surface area contributed by atoms with E-state index in [1.165, 1.54) is 39.7 Å². The molecule has 0 unspecified atom stereocenters. The minimum Gasteiger partial charge on any atom is -0.379 e. The smallest absolute Gasteiger partial charge is 0.243 e. The fraction of sp³-hybridized carbons (Fsp3) is 0.478. The zero-order valence-corrected chi connectivity index (χ0v) is 20.4. The Morgan fingerprint density at radius 2 is 1.48 bits per heavy atom. The summed E-state index contributed by atoms with van der Waals surface area (Å²) in [4.78, 5) is 2.51. The van der Waals surface area contributed by atoms with Gasteiger partial charge in [0.2, 0.25) is 20.0 Å². The number of likely N-dealkylation sites (tertiary alicyclic amines) is 1. The Kier molecular flexibility index (Phi) is 7.52. The predicted octanol–water partition coefficient (Wildman–Crippen LogP) is 1.96. The van der Waals surface area contributed by atoms with E-state index in [1.807, 2.05) is 12.1 Å². The summed E-state index contributed by atoms with van der Waals surface area (Å²) in [6, 6.07) is 13.6. The second-order valence-corrected chi connectivity index (χ2v) is 12.2. The molecule has 33 heavy (non-hydrogen) atoms. The van der Waals surface area contributed by atoms with E-state index in [1.54, 1.807) is 0 Å². The van der Waals surface area contributed by atoms with Crippen LogP contribution in [0.15, 0.2) is 58.3 Å². The third kappa shape index (κ3) is 5.82. The van der Waals surface area contributed by atoms with Crippen LogP contribution in [0.4, 0.5) is 0 Å². The molecular weight excluding hydrogens is 462 g/mol. The first-order valence-electron chi connectivity index (χ1n) is 11.2. The lowest BCUT2D eigenvalue weighted by atomic mass is 10.0. The molecule has 2 aliphatic heterocycles. The predicted molar refractivity (Wildman–Crippen MR) is 126 cm³/mol. The van der Waals surface area contributed by atoms with Crippen molar-refractivity contribution in [3.63, 3.8) is 0 Å². The minimum atomic E-state index is -3.73. The standard InChI is InChI=1S/C23H31N3O5S2/c1-19-4-2-3-5-20(19)18-25-12-10-21(11-13-25)24-32(27,28)22-6-8-23(9-7-22)33(29,30)26-14-16-31-17-15-26/h2-9,21,24H,10-18H2,1H3. The van der Waals surface area contributed by atoms with Crippen LogP contribution in [-0.4, -0.2) is 71.5 Å². The van der Waals surface area contributed by atoms with Crippen LogP contribution in [0.5, 0.6) is 0 Å². The Hall–Kier alpha value is -1.82. The number of hydrogen-bond acceptors (Lipinski definition) is 6. The van der Waals surface area contributed by atoms with Gasteiger partial charge in [-0.25, -0.2) is 21.6 Å². The van der Waals surface area contributed by atoms with Gasteiger partial charge in [-0.15, -0.1) is 0 Å². The van der Waals surface area contributed by atoms with E-state index in [-0.39, 0.29) is 15.8 Å². The molecule has 4 rings (SSSR count). The van der Waals surface area contributed by atoms with Crippen LogP contribution in [0, 0.1) is 6.92 Å². The number of hydrogen-bond donors (Lipinski definition) is 1. The Bertz CT molecular complexity index is 1150. The van der Waals surface area contributed by atoms with Crippen molar-refractivity contribution in [1.82, 2.24) is 13.9 Å². The fourth-order valence-corrected chi connectivity index (χ4v) is 6.96. The van der Waals surface area contributed by atoms with Crippen molar-refractivity contribution >= 4 is 20.0 Å². The lowest BCUT2D eigenvalue weighted by Gasteiger charge is -2.32. The molecule has 2 aromatic rings. The number of nitrogens with one attached hydrogen (secondary N) is 1. The summed E-state index contributed by atoms with van der Waals surface area (Å²) in [7, 11) is -7.38. The molecule has 10 heteroatoms. The van der Waals surface area contributed by atoms with E-state index in [0.717, 1.165) is 32.5 Å². The SMILES string of the molecule is Cc1ccccc1CN1CCC(NS(=O)(=O)c2ccc(S(=O)(=O)N3CCOCC3)cc2)CC1. The summed E-state index contributed by atoms with van der Waals surface area (Å²) in [5.41, 5.74) is 2.56. The maximum atomic E-state index is 12.9. The van der Waals surface area contributed by atoms with Crippen LogP contribution >= 0.6 is 0 Å². The highest BCUT2D eigenvalue weighted by Crippen LogP contribution is 2.21. The Morgan fingerprint density at radius 1 is 0.879 bits per heavy atom. The molecule has 0 aliphatic carbocycles. The molecule has 0 radical (unpaired) electrons. The molecule has 1 N–H and O–H groups in total. The first kappa shape index (κ1) is 24.3. The lowest BCUT2D eigenvalue weighted by Crippen LogP contribution is -2.44. The summed E-state index contributed by atoms with van der Waals surface area (Å²) in [6.45, 7) is 5.92. The van der Waals surface area contributed by atoms with Gasteiger partial charge in [0.25, 0.3) is 0 Å². The Labute approximate surface area is 196 Å². The van der Waals surface area contributed by atoms with E-state index < -0.39 is 20.0 Å². The summed E-state index contributed by atoms with van der Waals surface area (Å²) >= 11 is 0. The van der Waals surface area contributed by atoms with Crippen LogP contribution in [-0.2, 0) is 31.3 Å². The van der Waals surface area contributed by atoms with Crippen molar-refractivity contribution in [1.29, 1.82) is 0 Å². The van der Waals surface area contributed by atoms with Gasteiger partial charge in [0.05, 0.1) is 23.0 Å². The van der Waals surface area contributed by atoms with Gasteiger partial charge in [0.1, 0.15) is 0 Å². The fourth-order valence-electron chi connectivity index (χ4n) is 4.25. The van der Waals surface area contributed by atoms with E-state index in [9.17, 15) is 16.8 Å². The zero-order chi connectivity index (χ0) is 23.5. The van der Waals surface area contributed by atoms with Crippen LogP contribution in [0.1, 0.15) is 24.0 Å². The maximum Gasteiger partial charge on any atom is 0.243 e. The van der Waals surface area contributed by atoms with E-state index in [2.05, 4.69) is 28.7 Å². The van der Waals surface area contributed by atoms with Crippen molar-refractivity contribution < 1.29 is 21.6 Å². The van der Waals surface area contributed by atoms with Crippen LogP contribution in [0.3, 0.4) is 0 Å². The Morgan fingerprint density at radius 3 is 2.12 bits per heavy atom. The van der Waals surface area contributed by atoms with Gasteiger partial charge in [-0.3, -0.25) is 4.90 Å². The van der Waals surface area contributed by atoms with Crippen molar-refractivity contribution in [2.24, 2.45) is 0 Å². The van der Waals surface area contributed by atoms with Gasteiger partial charge in [0.15, 0.2) is 0 Å². The summed E-state index contributed by atoms with van der Waals surface area (Å²) in [5.74, 6) is 0. The molecule has 0 aromatic heterocycles. The van der Waals surface area contributed by atoms with Gasteiger partial charge in [-0.2, -0.15) is 4.31 Å². The molecule has 8 nitrogen and oxygen atoms in total. The average Bonchev–Trinajstić information content (AvgIpc) is 2.82. The van der Waals surface area contributed by atoms with Crippen molar-refractivity contribution in [3.05, 3.63) is 59.7 Å². The van der Waals surface area contributed by atoms with Gasteiger partial charge in [-0.05, 0) is 55.2 Å². The van der Waals surface area contributed by atoms with Crippen LogP contribution in [0.25, 0.3) is 0 Å². The number of sulfonamides is 2. The van der Waals surface area contributed by atoms with Gasteiger partial charge in [-0.1, -0.05) is 24.3 Å². The normalized spacial score (nSPS) is 19.5. The molecule has 0 atom stereocenters. The second-order valence-electron chi connectivity index (χ2n) is 8.59. The molecule has 180 valence electrons. The number of benzene rings is 2. The third-order valence-corrected chi connectivity index (χ3v) is 9.76. The number of rotatable bonds is 7. The van der Waals surface area contributed by atoms with Gasteiger partial charge in [0, 0.05) is 38.8 Å². The average molecular weight is 494 g/mol. The highest BCUT2D eigenvalue weighted by atomic mass is 32.2. The molecule has 0 saturated carbocycles. The monoisotopic (exact) mass is 493 g/mol. The van der Waals surface area contributed by atoms with E-state index in [0.29, 0.717) is 26.3 Å². The number of nitrogens with zero attached hydrogens (tertiary/aromatic N) is 2. The summed E-state index contributed by atoms with van der Waals surface area (Å²) in [6.07, 6.45) is 1.46. The highest BCUT2D eigenvalue weighted by molar-refractivity contribution is 7.89. The molecular formula is C23H31N3O5S2. The topological polar surface area (TPSA) is 96.0 Å². The summed E-state index contributed by atoms with van der Waals surface area (Å²) < 4.78 is 60.6. The molecule has 2 aromatic carbocycles. The molecule has 0 spiro atoms. The number of aryl methyl sites for hydroxylation is 1. The first-order valence-corrected chi connectivity index (χ1v) is 14.2. The molecule has 2 heterocycles. The molecule has 2 saturated heterocycles. The van der Waals surface area contributed by atoms with Crippen LogP contribution in [0.2, 0.25) is 0 Å². The van der Waals surface area contributed by atoms with Crippen LogP contribution < -0.4 is 4.72 Å². The van der Waals surface area contributed by atoms with Crippen molar-refractivity contribution in [3.8, 4) is 0 Å². The second kappa shape index (κ2) is 10.2. The van der Waals surface area contributed by atoms with E-state index >= 15 is 0 Å². The van der Waals surface area contributed by atoms with Gasteiger partial charge >= 0.3 is 0 Å². The van der Waals surface area contributed by atoms with Crippen molar-refractivity contribution in [2.45, 2.75) is 42.1 Å².